The first-order valence-corrected chi connectivity index (χ1v) is 4.10. The summed E-state index contributed by atoms with van der Waals surface area (Å²) in [6.07, 6.45) is 5.04. The Kier molecular flexibility index (Phi) is 1.92. The van der Waals surface area contributed by atoms with Gasteiger partial charge in [0.25, 0.3) is 0 Å². The molecule has 0 amide bonds. The third kappa shape index (κ3) is 1.21. The fourth-order valence-electron chi connectivity index (χ4n) is 1.28. The molecular weight excluding hydrogens is 176 g/mol. The number of hydrogen-bond donors (Lipinski definition) is 1. The lowest BCUT2D eigenvalue weighted by atomic mass is 10.3. The highest BCUT2D eigenvalue weighted by atomic mass is 15.0. The SMILES string of the molecule is N#Cc1cccn1-c1cnccc1N. The maximum absolute atomic E-state index is 8.83. The summed E-state index contributed by atoms with van der Waals surface area (Å²) in [5.74, 6) is 0. The van der Waals surface area contributed by atoms with Crippen LogP contribution in [0, 0.1) is 11.3 Å². The highest BCUT2D eigenvalue weighted by molar-refractivity contribution is 5.57. The number of nitriles is 1. The van der Waals surface area contributed by atoms with Crippen LogP contribution in [0.5, 0.6) is 0 Å². The zero-order valence-corrected chi connectivity index (χ0v) is 7.38. The number of nitrogens with two attached hydrogens (primary N) is 1. The Balaban J connectivity index is 2.62. The summed E-state index contributed by atoms with van der Waals surface area (Å²) in [5, 5.41) is 8.83. The molecule has 14 heavy (non-hydrogen) atoms. The van der Waals surface area contributed by atoms with Crippen LogP contribution in [0.4, 0.5) is 5.69 Å². The van der Waals surface area contributed by atoms with Crippen LogP contribution in [0.15, 0.2) is 36.8 Å². The van der Waals surface area contributed by atoms with E-state index in [2.05, 4.69) is 11.1 Å². The zero-order valence-electron chi connectivity index (χ0n) is 7.38. The van der Waals surface area contributed by atoms with Crippen molar-refractivity contribution < 1.29 is 0 Å². The molecule has 0 atom stereocenters. The standard InChI is InChI=1S/C10H8N4/c11-6-8-2-1-5-14(8)10-7-13-4-3-9(10)12/h1-5,7H,(H2,12,13). The van der Waals surface area contributed by atoms with Crippen LogP contribution in [0.25, 0.3) is 5.69 Å². The molecule has 0 radical (unpaired) electrons. The lowest BCUT2D eigenvalue weighted by Crippen LogP contribution is -2.00. The van der Waals surface area contributed by atoms with Crippen LogP contribution in [0.2, 0.25) is 0 Å². The van der Waals surface area contributed by atoms with Crippen molar-refractivity contribution >= 4 is 5.69 Å². The molecule has 0 aliphatic rings. The van der Waals surface area contributed by atoms with Crippen molar-refractivity contribution in [3.05, 3.63) is 42.5 Å². The number of rotatable bonds is 1. The number of nitrogen functional groups attached to an aromatic ring is 1. The summed E-state index contributed by atoms with van der Waals surface area (Å²) >= 11 is 0. The van der Waals surface area contributed by atoms with Crippen molar-refractivity contribution in [2.75, 3.05) is 5.73 Å². The van der Waals surface area contributed by atoms with E-state index in [1.54, 1.807) is 41.4 Å². The van der Waals surface area contributed by atoms with E-state index in [-0.39, 0.29) is 0 Å². The van der Waals surface area contributed by atoms with Gasteiger partial charge >= 0.3 is 0 Å². The van der Waals surface area contributed by atoms with Crippen molar-refractivity contribution in [2.45, 2.75) is 0 Å². The summed E-state index contributed by atoms with van der Waals surface area (Å²) in [6, 6.07) is 7.31. The minimum Gasteiger partial charge on any atom is -0.397 e. The molecule has 2 aromatic rings. The minimum absolute atomic E-state index is 0.546. The second-order valence-electron chi connectivity index (χ2n) is 2.81. The Morgan fingerprint density at radius 2 is 2.29 bits per heavy atom. The van der Waals surface area contributed by atoms with Crippen LogP contribution in [0.1, 0.15) is 5.69 Å². The summed E-state index contributed by atoms with van der Waals surface area (Å²) in [6.45, 7) is 0. The minimum atomic E-state index is 0.546. The molecule has 0 aliphatic heterocycles. The Morgan fingerprint density at radius 3 is 3.00 bits per heavy atom. The molecule has 4 heteroatoms. The van der Waals surface area contributed by atoms with Crippen molar-refractivity contribution in [3.63, 3.8) is 0 Å². The predicted molar refractivity (Wildman–Crippen MR) is 52.7 cm³/mol. The molecule has 4 nitrogen and oxygen atoms in total. The average molecular weight is 184 g/mol. The summed E-state index contributed by atoms with van der Waals surface area (Å²) in [5.41, 5.74) is 7.65. The molecule has 0 unspecified atom stereocenters. The molecule has 0 saturated carbocycles. The lowest BCUT2D eigenvalue weighted by molar-refractivity contribution is 1.04. The number of anilines is 1. The van der Waals surface area contributed by atoms with E-state index < -0.39 is 0 Å². The first kappa shape index (κ1) is 8.32. The number of pyridine rings is 1. The number of nitrogens with zero attached hydrogens (tertiary/aromatic N) is 3. The van der Waals surface area contributed by atoms with Gasteiger partial charge in [-0.05, 0) is 18.2 Å². The van der Waals surface area contributed by atoms with Gasteiger partial charge in [0.05, 0.1) is 17.6 Å². The van der Waals surface area contributed by atoms with E-state index in [4.69, 9.17) is 11.0 Å². The predicted octanol–water partition coefficient (Wildman–Crippen LogP) is 1.33. The lowest BCUT2D eigenvalue weighted by Gasteiger charge is -2.06. The van der Waals surface area contributed by atoms with Gasteiger partial charge in [0.15, 0.2) is 0 Å². The van der Waals surface area contributed by atoms with E-state index in [0.717, 1.165) is 5.69 Å². The van der Waals surface area contributed by atoms with Gasteiger partial charge in [-0.3, -0.25) is 4.98 Å². The first-order valence-electron chi connectivity index (χ1n) is 4.10. The normalized spacial score (nSPS) is 9.64. The van der Waals surface area contributed by atoms with Crippen molar-refractivity contribution in [1.82, 2.24) is 9.55 Å². The first-order chi connectivity index (χ1) is 6.83. The average Bonchev–Trinajstić information content (AvgIpc) is 2.66. The molecule has 68 valence electrons. The van der Waals surface area contributed by atoms with E-state index >= 15 is 0 Å². The second kappa shape index (κ2) is 3.23. The largest absolute Gasteiger partial charge is 0.397 e. The molecule has 0 saturated heterocycles. The monoisotopic (exact) mass is 184 g/mol. The molecule has 2 heterocycles. The van der Waals surface area contributed by atoms with E-state index in [1.807, 2.05) is 0 Å². The fraction of sp³-hybridized carbons (Fsp3) is 0. The van der Waals surface area contributed by atoms with Crippen LogP contribution in [-0.4, -0.2) is 9.55 Å². The van der Waals surface area contributed by atoms with Gasteiger partial charge in [-0.15, -0.1) is 0 Å². The zero-order chi connectivity index (χ0) is 9.97. The van der Waals surface area contributed by atoms with E-state index in [9.17, 15) is 0 Å². The number of aromatic nitrogens is 2. The van der Waals surface area contributed by atoms with Gasteiger partial charge in [-0.1, -0.05) is 0 Å². The topological polar surface area (TPSA) is 67.6 Å². The summed E-state index contributed by atoms with van der Waals surface area (Å²) < 4.78 is 1.71. The maximum atomic E-state index is 8.83. The van der Waals surface area contributed by atoms with E-state index in [0.29, 0.717) is 11.4 Å². The van der Waals surface area contributed by atoms with Crippen molar-refractivity contribution in [2.24, 2.45) is 0 Å². The molecule has 0 aromatic carbocycles. The maximum Gasteiger partial charge on any atom is 0.124 e. The van der Waals surface area contributed by atoms with Gasteiger partial charge in [-0.25, -0.2) is 0 Å². The van der Waals surface area contributed by atoms with E-state index in [1.165, 1.54) is 0 Å². The Hall–Kier alpha value is -2.28. The summed E-state index contributed by atoms with van der Waals surface area (Å²) in [7, 11) is 0. The van der Waals surface area contributed by atoms with Crippen molar-refractivity contribution in [3.8, 4) is 11.8 Å². The molecule has 0 bridgehead atoms. The van der Waals surface area contributed by atoms with Crippen molar-refractivity contribution in [1.29, 1.82) is 5.26 Å². The molecule has 0 spiro atoms. The molecule has 2 N–H and O–H groups in total. The van der Waals surface area contributed by atoms with Crippen LogP contribution in [-0.2, 0) is 0 Å². The molecule has 2 rings (SSSR count). The number of hydrogen-bond acceptors (Lipinski definition) is 3. The van der Waals surface area contributed by atoms with Crippen LogP contribution >= 0.6 is 0 Å². The Labute approximate surface area is 81.2 Å². The second-order valence-corrected chi connectivity index (χ2v) is 2.81. The fourth-order valence-corrected chi connectivity index (χ4v) is 1.28. The van der Waals surface area contributed by atoms with Gasteiger partial charge in [0.2, 0.25) is 0 Å². The van der Waals surface area contributed by atoms with Gasteiger partial charge in [0.1, 0.15) is 11.8 Å². The highest BCUT2D eigenvalue weighted by Crippen LogP contribution is 2.17. The molecular formula is C10H8N4. The molecule has 0 aliphatic carbocycles. The van der Waals surface area contributed by atoms with Gasteiger partial charge < -0.3 is 10.3 Å². The van der Waals surface area contributed by atoms with Gasteiger partial charge in [0, 0.05) is 12.4 Å². The molecule has 2 aromatic heterocycles. The molecule has 0 fully saturated rings. The quantitative estimate of drug-likeness (QED) is 0.726. The third-order valence-electron chi connectivity index (χ3n) is 1.96. The van der Waals surface area contributed by atoms with Gasteiger partial charge in [-0.2, -0.15) is 5.26 Å². The smallest absolute Gasteiger partial charge is 0.124 e. The Bertz CT molecular complexity index is 493. The Morgan fingerprint density at radius 1 is 1.43 bits per heavy atom. The summed E-state index contributed by atoms with van der Waals surface area (Å²) in [4.78, 5) is 3.97. The highest BCUT2D eigenvalue weighted by Gasteiger charge is 2.04. The van der Waals surface area contributed by atoms with Crippen LogP contribution < -0.4 is 5.73 Å². The van der Waals surface area contributed by atoms with Crippen LogP contribution in [0.3, 0.4) is 0 Å². The third-order valence-corrected chi connectivity index (χ3v) is 1.96.